The zero-order valence-electron chi connectivity index (χ0n) is 18.0. The Morgan fingerprint density at radius 3 is 2.61 bits per heavy atom. The van der Waals surface area contributed by atoms with E-state index in [1.165, 1.54) is 0 Å². The van der Waals surface area contributed by atoms with Crippen LogP contribution in [-0.2, 0) is 4.74 Å². The third-order valence-corrected chi connectivity index (χ3v) is 4.39. The first kappa shape index (κ1) is 22.6. The Hall–Kier alpha value is -3.13. The van der Waals surface area contributed by atoms with E-state index < -0.39 is 11.7 Å². The van der Waals surface area contributed by atoms with Crippen LogP contribution in [0.4, 0.5) is 10.7 Å². The number of ether oxygens (including phenoxy) is 2. The van der Waals surface area contributed by atoms with Gasteiger partial charge in [0.1, 0.15) is 12.2 Å². The predicted molar refractivity (Wildman–Crippen MR) is 121 cm³/mol. The number of fused-ring (bicyclic) bond motifs is 1. The summed E-state index contributed by atoms with van der Waals surface area (Å²) in [5, 5.41) is 8.17. The number of benzene rings is 2. The minimum Gasteiger partial charge on any atom is -0.461 e. The number of hydrogen-bond acceptors (Lipinski definition) is 7. The Balaban J connectivity index is 1.61. The van der Waals surface area contributed by atoms with Gasteiger partial charge in [-0.05, 0) is 55.6 Å². The quantitative estimate of drug-likeness (QED) is 0.508. The summed E-state index contributed by atoms with van der Waals surface area (Å²) in [5.74, 6) is 0.301. The van der Waals surface area contributed by atoms with Gasteiger partial charge in [-0.1, -0.05) is 42.5 Å². The van der Waals surface area contributed by atoms with Crippen molar-refractivity contribution in [3.8, 4) is 6.01 Å². The summed E-state index contributed by atoms with van der Waals surface area (Å²) in [5.41, 5.74) is 0.548. The van der Waals surface area contributed by atoms with Gasteiger partial charge in [-0.2, -0.15) is 15.0 Å². The molecule has 164 valence electrons. The fraction of sp³-hybridized carbons (Fsp3) is 0.364. The molecule has 2 N–H and O–H groups in total. The Bertz CT molecular complexity index is 1050. The summed E-state index contributed by atoms with van der Waals surface area (Å²) in [6, 6.07) is 14.3. The molecular formula is C22H26ClN5O3. The molecule has 1 atom stereocenters. The summed E-state index contributed by atoms with van der Waals surface area (Å²) in [4.78, 5) is 24.1. The highest BCUT2D eigenvalue weighted by Crippen LogP contribution is 2.26. The fourth-order valence-corrected chi connectivity index (χ4v) is 3.12. The maximum Gasteiger partial charge on any atom is 0.407 e. The first-order chi connectivity index (χ1) is 14.7. The first-order valence-corrected chi connectivity index (χ1v) is 10.3. The van der Waals surface area contributed by atoms with Gasteiger partial charge < -0.3 is 20.1 Å². The Morgan fingerprint density at radius 2 is 1.84 bits per heavy atom. The number of carbonyl (C=O) groups is 1. The molecule has 31 heavy (non-hydrogen) atoms. The van der Waals surface area contributed by atoms with Gasteiger partial charge in [-0.15, -0.1) is 0 Å². The molecule has 0 radical (unpaired) electrons. The molecule has 9 heteroatoms. The summed E-state index contributed by atoms with van der Waals surface area (Å²) >= 11 is 6.04. The van der Waals surface area contributed by atoms with Crippen molar-refractivity contribution in [2.45, 2.75) is 39.3 Å². The second kappa shape index (κ2) is 9.78. The molecular weight excluding hydrogens is 418 g/mol. The van der Waals surface area contributed by atoms with Crippen molar-refractivity contribution < 1.29 is 14.3 Å². The number of anilines is 1. The number of nitrogens with zero attached hydrogens (tertiary/aromatic N) is 3. The second-order valence-electron chi connectivity index (χ2n) is 7.92. The maximum absolute atomic E-state index is 11.7. The third-order valence-electron chi connectivity index (χ3n) is 4.22. The smallest absolute Gasteiger partial charge is 0.407 e. The second-order valence-corrected chi connectivity index (χ2v) is 8.26. The van der Waals surface area contributed by atoms with Gasteiger partial charge in [-0.25, -0.2) is 4.79 Å². The van der Waals surface area contributed by atoms with E-state index in [9.17, 15) is 4.79 Å². The van der Waals surface area contributed by atoms with Crippen LogP contribution in [0.25, 0.3) is 10.8 Å². The molecule has 1 aromatic heterocycles. The van der Waals surface area contributed by atoms with E-state index in [0.29, 0.717) is 5.95 Å². The average molecular weight is 444 g/mol. The number of nitrogens with one attached hydrogen (secondary N) is 2. The van der Waals surface area contributed by atoms with Crippen LogP contribution in [0.2, 0.25) is 5.28 Å². The Kier molecular flexibility index (Phi) is 7.12. The van der Waals surface area contributed by atoms with Gasteiger partial charge in [0.05, 0.1) is 12.6 Å². The monoisotopic (exact) mass is 443 g/mol. The minimum atomic E-state index is -0.561. The van der Waals surface area contributed by atoms with Gasteiger partial charge in [0, 0.05) is 0 Å². The lowest BCUT2D eigenvalue weighted by atomic mass is 10.00. The van der Waals surface area contributed by atoms with E-state index in [4.69, 9.17) is 21.1 Å². The van der Waals surface area contributed by atoms with Gasteiger partial charge in [0.15, 0.2) is 0 Å². The molecule has 1 amide bonds. The number of carbonyl (C=O) groups excluding carboxylic acids is 1. The molecule has 0 bridgehead atoms. The van der Waals surface area contributed by atoms with Crippen molar-refractivity contribution >= 4 is 34.4 Å². The largest absolute Gasteiger partial charge is 0.461 e. The molecule has 1 heterocycles. The van der Waals surface area contributed by atoms with Crippen LogP contribution >= 0.6 is 11.6 Å². The van der Waals surface area contributed by atoms with E-state index in [0.717, 1.165) is 16.3 Å². The highest BCUT2D eigenvalue weighted by Gasteiger charge is 2.16. The van der Waals surface area contributed by atoms with Crippen LogP contribution in [0.1, 0.15) is 39.3 Å². The van der Waals surface area contributed by atoms with Crippen LogP contribution in [0.5, 0.6) is 6.01 Å². The van der Waals surface area contributed by atoms with Crippen LogP contribution in [0, 0.1) is 0 Å². The number of rotatable bonds is 7. The molecule has 0 aliphatic heterocycles. The maximum atomic E-state index is 11.7. The average Bonchev–Trinajstić information content (AvgIpc) is 2.69. The topological polar surface area (TPSA) is 98.3 Å². The van der Waals surface area contributed by atoms with Gasteiger partial charge in [-0.3, -0.25) is 0 Å². The molecule has 0 aliphatic carbocycles. The molecule has 0 aliphatic rings. The minimum absolute atomic E-state index is 0.0118. The van der Waals surface area contributed by atoms with Crippen LogP contribution in [0.3, 0.4) is 0 Å². The number of aromatic nitrogens is 3. The van der Waals surface area contributed by atoms with Gasteiger partial charge in [0.2, 0.25) is 11.2 Å². The van der Waals surface area contributed by atoms with Crippen molar-refractivity contribution in [2.24, 2.45) is 0 Å². The van der Waals surface area contributed by atoms with E-state index in [1.54, 1.807) is 20.8 Å². The summed E-state index contributed by atoms with van der Waals surface area (Å²) in [6.07, 6.45) is -0.518. The third kappa shape index (κ3) is 6.68. The molecule has 8 nitrogen and oxygen atoms in total. The van der Waals surface area contributed by atoms with E-state index in [1.807, 2.05) is 25.1 Å². The van der Waals surface area contributed by atoms with Crippen molar-refractivity contribution in [3.63, 3.8) is 0 Å². The molecule has 0 spiro atoms. The molecule has 0 fully saturated rings. The zero-order chi connectivity index (χ0) is 22.4. The van der Waals surface area contributed by atoms with E-state index in [2.05, 4.69) is 49.9 Å². The van der Waals surface area contributed by atoms with Crippen molar-refractivity contribution in [2.75, 3.05) is 18.5 Å². The number of hydrogen-bond donors (Lipinski definition) is 2. The van der Waals surface area contributed by atoms with Crippen molar-refractivity contribution in [1.82, 2.24) is 20.3 Å². The van der Waals surface area contributed by atoms with Crippen LogP contribution in [0.15, 0.2) is 42.5 Å². The van der Waals surface area contributed by atoms with Crippen LogP contribution < -0.4 is 15.4 Å². The van der Waals surface area contributed by atoms with Crippen molar-refractivity contribution in [3.05, 3.63) is 53.3 Å². The lowest BCUT2D eigenvalue weighted by Gasteiger charge is -2.19. The standard InChI is InChI=1S/C22H26ClN5O3/c1-14(16-11-7-9-15-8-5-6-10-17(15)16)25-19-26-18(23)27-20(28-19)30-13-12-24-21(29)31-22(2,3)4/h5-11,14H,12-13H2,1-4H3,(H,24,29)(H,25,26,27,28)/t14-/m0/s1. The van der Waals surface area contributed by atoms with Crippen LogP contribution in [-0.4, -0.2) is 39.8 Å². The number of alkyl carbamates (subject to hydrolysis) is 1. The van der Waals surface area contributed by atoms with Crippen molar-refractivity contribution in [1.29, 1.82) is 0 Å². The van der Waals surface area contributed by atoms with Gasteiger partial charge in [0.25, 0.3) is 0 Å². The first-order valence-electron chi connectivity index (χ1n) is 9.97. The highest BCUT2D eigenvalue weighted by atomic mass is 35.5. The highest BCUT2D eigenvalue weighted by molar-refractivity contribution is 6.28. The summed E-state index contributed by atoms with van der Waals surface area (Å²) in [6.45, 7) is 7.78. The molecule has 2 aromatic carbocycles. The fourth-order valence-electron chi connectivity index (χ4n) is 2.97. The molecule has 3 aromatic rings. The summed E-state index contributed by atoms with van der Waals surface area (Å²) in [7, 11) is 0. The SMILES string of the molecule is C[C@H](Nc1nc(Cl)nc(OCCNC(=O)OC(C)(C)C)n1)c1cccc2ccccc12. The molecule has 3 rings (SSSR count). The predicted octanol–water partition coefficient (Wildman–Crippen LogP) is 4.75. The normalized spacial score (nSPS) is 12.3. The van der Waals surface area contributed by atoms with E-state index in [-0.39, 0.29) is 30.5 Å². The van der Waals surface area contributed by atoms with Gasteiger partial charge >= 0.3 is 12.1 Å². The molecule has 0 saturated heterocycles. The summed E-state index contributed by atoms with van der Waals surface area (Å²) < 4.78 is 10.7. The Morgan fingerprint density at radius 1 is 1.10 bits per heavy atom. The lowest BCUT2D eigenvalue weighted by Crippen LogP contribution is -2.34. The zero-order valence-corrected chi connectivity index (χ0v) is 18.7. The Labute approximate surface area is 186 Å². The number of halogens is 1. The number of amides is 1. The molecule has 0 unspecified atom stereocenters. The lowest BCUT2D eigenvalue weighted by molar-refractivity contribution is 0.0519. The molecule has 0 saturated carbocycles. The van der Waals surface area contributed by atoms with E-state index >= 15 is 0 Å².